The van der Waals surface area contributed by atoms with Gasteiger partial charge >= 0.3 is 23.9 Å². The fourth-order valence-corrected chi connectivity index (χ4v) is 13.1. The maximum absolute atomic E-state index is 14.5. The first-order valence-corrected chi connectivity index (χ1v) is 37.8. The van der Waals surface area contributed by atoms with Gasteiger partial charge in [-0.05, 0) is 147 Å². The molecule has 21 nitrogen and oxygen atoms in total. The molecule has 0 spiro atoms. The third-order valence-corrected chi connectivity index (χ3v) is 20.2. The average molecular weight is 1520 g/mol. The molecule has 8 atom stereocenters. The Morgan fingerprint density at radius 2 is 0.777 bits per heavy atom. The van der Waals surface area contributed by atoms with E-state index in [1.807, 2.05) is 24.3 Å². The van der Waals surface area contributed by atoms with Crippen LogP contribution in [-0.2, 0) is 83.8 Å². The number of esters is 4. The van der Waals surface area contributed by atoms with Crippen LogP contribution in [0.4, 0.5) is 22.7 Å². The van der Waals surface area contributed by atoms with Crippen LogP contribution in [0.1, 0.15) is 160 Å². The van der Waals surface area contributed by atoms with Crippen molar-refractivity contribution in [3.05, 3.63) is 239 Å². The largest absolute Gasteiger partial charge is 0.461 e. The lowest BCUT2D eigenvalue weighted by molar-refractivity contribution is -0.148. The molecule has 0 aromatic heterocycles. The van der Waals surface area contributed by atoms with Gasteiger partial charge in [0.1, 0.15) is 26.4 Å². The average Bonchev–Trinajstić information content (AvgIpc) is 1.60. The maximum Gasteiger partial charge on any atom is 0.310 e. The predicted molar refractivity (Wildman–Crippen MR) is 441 cm³/mol. The Hall–Kier alpha value is -11.7. The van der Waals surface area contributed by atoms with E-state index < -0.39 is 101 Å². The molecule has 588 valence electrons. The third kappa shape index (κ3) is 21.4. The molecule has 0 saturated heterocycles. The molecule has 4 aromatic carbocycles. The molecule has 112 heavy (non-hydrogen) atoms. The van der Waals surface area contributed by atoms with Crippen LogP contribution in [0, 0.1) is 52.8 Å². The molecule has 6 unspecified atom stereocenters. The zero-order valence-electron chi connectivity index (χ0n) is 66.2. The molecule has 0 aliphatic heterocycles. The number of carbonyl (C=O) groups excluding carboxylic acids is 9. The number of rotatable bonds is 24. The van der Waals surface area contributed by atoms with Gasteiger partial charge in [0.15, 0.2) is 6.29 Å². The van der Waals surface area contributed by atoms with Crippen molar-refractivity contribution in [1.29, 1.82) is 5.41 Å². The molecule has 0 heterocycles. The van der Waals surface area contributed by atoms with Gasteiger partial charge in [0, 0.05) is 39.4 Å². The van der Waals surface area contributed by atoms with Crippen molar-refractivity contribution in [3.8, 4) is 0 Å². The predicted octanol–water partition coefficient (Wildman–Crippen LogP) is 14.8. The number of allylic oxidation sites excluding steroid dienone is 15. The standard InChI is InChI=1S/C91H106N8O13/c1-16-38-109-84(105)64-48-60(64)80(101)96-72-33-23-34-73(97-81(102)61-49-65(61)85(106)110-39-17-2)78(72)76-68(92)29-19-25-52(54-42-56(88(4,5)6)46-57(43-54)89(7,8)9)27-21-31-70(94)77(71(95)32-22-28-53(26-20-30-69(76)93)55-44-58(90(10,11)12)47-59(45-55)91(13,14)15)79-74(98-82(103)62-50-66(62)86(107)111-40-18-3)35-24-36-75(79)99-83(104)63-51-67(63)87(108)112-41-37-100/h16-27,29-37,42-47,60-67,92H,1-3,28,38-41,48-51,93-95H2,4-15H3,(H,96,101)(H,97,102)(H,98,103)(H,99,104)/b27-21+,29-19-,30-20-,32-22-,52-25-,53-26-,70-31-,76-69+,77-71+,92-68?/t60-,61?,62?,63?,64?,65?,66-,67?/m1/s1. The molecule has 0 radical (unpaired) electrons. The second-order valence-corrected chi connectivity index (χ2v) is 33.1. The first-order valence-electron chi connectivity index (χ1n) is 37.8. The third-order valence-electron chi connectivity index (χ3n) is 20.2. The lowest BCUT2D eigenvalue weighted by atomic mass is 9.78. The molecule has 4 fully saturated rings. The smallest absolute Gasteiger partial charge is 0.310 e. The quantitative estimate of drug-likeness (QED) is 0.0140. The second kappa shape index (κ2) is 35.5. The van der Waals surface area contributed by atoms with Crippen molar-refractivity contribution in [2.24, 2.45) is 64.5 Å². The van der Waals surface area contributed by atoms with E-state index in [9.17, 15) is 48.6 Å². The Balaban J connectivity index is 1.31. The van der Waals surface area contributed by atoms with Crippen molar-refractivity contribution in [2.75, 3.05) is 47.7 Å². The van der Waals surface area contributed by atoms with Crippen molar-refractivity contribution < 1.29 is 62.1 Å². The van der Waals surface area contributed by atoms with E-state index in [2.05, 4.69) is 160 Å². The molecule has 9 rings (SSSR count). The number of amides is 4. The molecule has 5 aliphatic carbocycles. The highest BCUT2D eigenvalue weighted by molar-refractivity contribution is 6.32. The summed E-state index contributed by atoms with van der Waals surface area (Å²) in [6, 6.07) is 22.5. The fourth-order valence-electron chi connectivity index (χ4n) is 13.1. The Bertz CT molecular complexity index is 4550. The van der Waals surface area contributed by atoms with E-state index in [0.717, 1.165) is 39.0 Å². The van der Waals surface area contributed by atoms with Gasteiger partial charge in [-0.3, -0.25) is 43.2 Å². The van der Waals surface area contributed by atoms with E-state index in [1.165, 1.54) is 18.2 Å². The minimum Gasteiger partial charge on any atom is -0.461 e. The Kier molecular flexibility index (Phi) is 26.7. The lowest BCUT2D eigenvalue weighted by Crippen LogP contribution is -2.22. The monoisotopic (exact) mass is 1520 g/mol. The Morgan fingerprint density at radius 3 is 1.14 bits per heavy atom. The number of benzene rings is 4. The number of nitrogens with one attached hydrogen (secondary N) is 5. The zero-order chi connectivity index (χ0) is 81.9. The summed E-state index contributed by atoms with van der Waals surface area (Å²) < 4.78 is 21.1. The van der Waals surface area contributed by atoms with Gasteiger partial charge in [-0.1, -0.05) is 212 Å². The summed E-state index contributed by atoms with van der Waals surface area (Å²) in [6.07, 6.45) is 24.7. The van der Waals surface area contributed by atoms with Gasteiger partial charge in [0.25, 0.3) is 0 Å². The van der Waals surface area contributed by atoms with Gasteiger partial charge in [0.05, 0.1) is 75.8 Å². The van der Waals surface area contributed by atoms with Crippen LogP contribution >= 0.6 is 0 Å². The number of hydrogen-bond donors (Lipinski definition) is 8. The molecule has 4 aromatic rings. The molecule has 4 amide bonds. The SMILES string of the molecule is C=CCOC(=O)C1CC1C(=O)Nc1cccc(NC(=O)[C@@H]2CC2C(=O)OCC=C)c1\C1=C(N)/C=C\C=C(/c2cc(C(C)(C)C)cc(C(C)(C)C)c2)C\C=C/C(N)=C(c2c(NC(=O)C3CC3C(=O)OCC=O)cccc2NC(=O)C2C[C@H]2C(=O)OCC=C)/C(N)=C/C=C/C(c2cc(C(C)(C)C)cc(C(C)(C)C)c2)=C/C=C\C1=N. The van der Waals surface area contributed by atoms with Crippen LogP contribution in [0.25, 0.3) is 22.3 Å². The van der Waals surface area contributed by atoms with E-state index in [0.29, 0.717) is 11.9 Å². The molecule has 4 saturated carbocycles. The highest BCUT2D eigenvalue weighted by Crippen LogP contribution is 2.47. The molecule has 0 bridgehead atoms. The Labute approximate surface area is 657 Å². The van der Waals surface area contributed by atoms with Crippen LogP contribution in [0.2, 0.25) is 0 Å². The number of aldehydes is 1. The second-order valence-electron chi connectivity index (χ2n) is 33.1. The number of hydrogen-bond acceptors (Lipinski definition) is 17. The Morgan fingerprint density at radius 1 is 0.438 bits per heavy atom. The van der Waals surface area contributed by atoms with Crippen molar-refractivity contribution in [1.82, 2.24) is 0 Å². The minimum absolute atomic E-state index is 0.0172. The first-order chi connectivity index (χ1) is 52.9. The highest BCUT2D eigenvalue weighted by atomic mass is 16.5. The summed E-state index contributed by atoms with van der Waals surface area (Å²) in [6.45, 7) is 35.8. The normalized spacial score (nSPS) is 24.4. The van der Waals surface area contributed by atoms with Crippen LogP contribution < -0.4 is 38.5 Å². The summed E-state index contributed by atoms with van der Waals surface area (Å²) in [5, 5.41) is 22.4. The molecular formula is C91H106N8O13. The summed E-state index contributed by atoms with van der Waals surface area (Å²) in [5.74, 6) is -10.7. The van der Waals surface area contributed by atoms with Gasteiger partial charge in [-0.2, -0.15) is 0 Å². The summed E-state index contributed by atoms with van der Waals surface area (Å²) in [4.78, 5) is 122. The van der Waals surface area contributed by atoms with Crippen LogP contribution in [0.5, 0.6) is 0 Å². The first kappa shape index (κ1) is 84.3. The molecule has 11 N–H and O–H groups in total. The number of carbonyl (C=O) groups is 9. The topological polar surface area (TPSA) is 341 Å². The van der Waals surface area contributed by atoms with Crippen molar-refractivity contribution >= 4 is 105 Å². The summed E-state index contributed by atoms with van der Waals surface area (Å²) >= 11 is 0. The van der Waals surface area contributed by atoms with E-state index in [-0.39, 0.29) is 141 Å². The molecule has 5 aliphatic rings. The number of nitrogens with two attached hydrogens (primary N) is 3. The fraction of sp³-hybridized carbons (Fsp3) is 0.363. The maximum atomic E-state index is 14.5. The number of anilines is 4. The minimum atomic E-state index is -0.842. The van der Waals surface area contributed by atoms with Crippen molar-refractivity contribution in [2.45, 2.75) is 137 Å². The van der Waals surface area contributed by atoms with Crippen LogP contribution in [0.3, 0.4) is 0 Å². The van der Waals surface area contributed by atoms with Gasteiger partial charge in [0.2, 0.25) is 23.6 Å². The highest BCUT2D eigenvalue weighted by Gasteiger charge is 2.52. The number of ether oxygens (including phenoxy) is 4. The van der Waals surface area contributed by atoms with E-state index in [1.54, 1.807) is 78.9 Å². The van der Waals surface area contributed by atoms with Gasteiger partial charge < -0.3 is 62.8 Å². The van der Waals surface area contributed by atoms with Crippen LogP contribution in [-0.4, -0.2) is 85.9 Å². The lowest BCUT2D eigenvalue weighted by Gasteiger charge is -2.26. The summed E-state index contributed by atoms with van der Waals surface area (Å²) in [7, 11) is 0. The molecular weight excluding hydrogens is 1410 g/mol. The zero-order valence-corrected chi connectivity index (χ0v) is 66.2. The van der Waals surface area contributed by atoms with E-state index >= 15 is 0 Å². The summed E-state index contributed by atoms with van der Waals surface area (Å²) in [5.41, 5.74) is 29.3. The molecule has 21 heteroatoms. The van der Waals surface area contributed by atoms with Gasteiger partial charge in [-0.15, -0.1) is 0 Å². The van der Waals surface area contributed by atoms with Crippen LogP contribution in [0.15, 0.2) is 195 Å². The van der Waals surface area contributed by atoms with Crippen molar-refractivity contribution in [3.63, 3.8) is 0 Å². The van der Waals surface area contributed by atoms with Gasteiger partial charge in [-0.25, -0.2) is 0 Å². The van der Waals surface area contributed by atoms with E-state index in [4.69, 9.17) is 36.1 Å².